The largest absolute Gasteiger partial charge is 0.489 e. The summed E-state index contributed by atoms with van der Waals surface area (Å²) in [5, 5.41) is 3.83. The fraction of sp³-hybridized carbons (Fsp3) is 0.185. The Morgan fingerprint density at radius 1 is 0.971 bits per heavy atom. The van der Waals surface area contributed by atoms with Crippen molar-refractivity contribution < 1.29 is 19.1 Å². The van der Waals surface area contributed by atoms with Gasteiger partial charge in [-0.25, -0.2) is 4.79 Å². The van der Waals surface area contributed by atoms with Crippen LogP contribution in [0.2, 0.25) is 10.0 Å². The summed E-state index contributed by atoms with van der Waals surface area (Å²) in [6.45, 7) is 3.82. The number of nitrogens with one attached hydrogen (secondary N) is 1. The van der Waals surface area contributed by atoms with E-state index in [9.17, 15) is 9.59 Å². The van der Waals surface area contributed by atoms with Gasteiger partial charge in [0, 0.05) is 27.4 Å². The number of ether oxygens (including phenoxy) is 2. The van der Waals surface area contributed by atoms with Crippen LogP contribution in [-0.2, 0) is 27.4 Å². The smallest absolute Gasteiger partial charge is 0.331 e. The number of amides is 1. The van der Waals surface area contributed by atoms with Crippen LogP contribution < -0.4 is 10.1 Å². The lowest BCUT2D eigenvalue weighted by Gasteiger charge is -2.12. The highest BCUT2D eigenvalue weighted by molar-refractivity contribution is 6.35. The fourth-order valence-electron chi connectivity index (χ4n) is 3.00. The molecule has 0 saturated heterocycles. The van der Waals surface area contributed by atoms with Gasteiger partial charge in [-0.15, -0.1) is 0 Å². The molecule has 34 heavy (non-hydrogen) atoms. The van der Waals surface area contributed by atoms with Crippen LogP contribution in [0.1, 0.15) is 30.5 Å². The highest BCUT2D eigenvalue weighted by atomic mass is 35.5. The van der Waals surface area contributed by atoms with Crippen molar-refractivity contribution in [2.45, 2.75) is 33.0 Å². The first-order chi connectivity index (χ1) is 16.4. The Balaban J connectivity index is 1.48. The molecule has 0 aromatic heterocycles. The van der Waals surface area contributed by atoms with Crippen LogP contribution in [0.25, 0.3) is 6.08 Å². The zero-order chi connectivity index (χ0) is 24.5. The summed E-state index contributed by atoms with van der Waals surface area (Å²) in [5.41, 5.74) is 3.31. The van der Waals surface area contributed by atoms with E-state index in [0.29, 0.717) is 27.0 Å². The molecule has 0 aliphatic heterocycles. The van der Waals surface area contributed by atoms with E-state index in [2.05, 4.69) is 12.2 Å². The summed E-state index contributed by atoms with van der Waals surface area (Å²) in [7, 11) is 0. The quantitative estimate of drug-likeness (QED) is 0.263. The molecule has 0 bridgehead atoms. The third-order valence-electron chi connectivity index (χ3n) is 5.03. The van der Waals surface area contributed by atoms with Gasteiger partial charge in [-0.1, -0.05) is 60.5 Å². The van der Waals surface area contributed by atoms with Crippen molar-refractivity contribution in [3.05, 3.63) is 99.5 Å². The molecule has 0 aliphatic rings. The van der Waals surface area contributed by atoms with E-state index in [1.165, 1.54) is 18.6 Å². The Hall–Kier alpha value is -3.28. The van der Waals surface area contributed by atoms with Crippen LogP contribution in [-0.4, -0.2) is 18.0 Å². The Morgan fingerprint density at radius 3 is 2.24 bits per heavy atom. The van der Waals surface area contributed by atoms with Gasteiger partial charge in [-0.3, -0.25) is 4.79 Å². The van der Waals surface area contributed by atoms with Crippen molar-refractivity contribution in [1.29, 1.82) is 0 Å². The normalized spacial score (nSPS) is 11.8. The molecule has 3 aromatic carbocycles. The number of rotatable bonds is 9. The molecule has 0 radical (unpaired) electrons. The lowest BCUT2D eigenvalue weighted by Crippen LogP contribution is -2.29. The van der Waals surface area contributed by atoms with Gasteiger partial charge in [0.1, 0.15) is 12.4 Å². The summed E-state index contributed by atoms with van der Waals surface area (Å²) in [4.78, 5) is 24.4. The Kier molecular flexibility index (Phi) is 9.14. The Bertz CT molecular complexity index is 1140. The van der Waals surface area contributed by atoms with E-state index in [-0.39, 0.29) is 6.61 Å². The molecule has 0 aliphatic carbocycles. The molecule has 0 spiro atoms. The highest BCUT2D eigenvalue weighted by Gasteiger charge is 2.16. The summed E-state index contributed by atoms with van der Waals surface area (Å²) in [6.07, 6.45) is 2.86. The van der Waals surface area contributed by atoms with Crippen LogP contribution >= 0.6 is 23.2 Å². The minimum absolute atomic E-state index is 0.239. The van der Waals surface area contributed by atoms with Crippen LogP contribution in [0.5, 0.6) is 5.75 Å². The number of benzene rings is 3. The van der Waals surface area contributed by atoms with E-state index >= 15 is 0 Å². The molecule has 0 saturated carbocycles. The molecular formula is C27H25Cl2NO4. The van der Waals surface area contributed by atoms with Crippen molar-refractivity contribution in [2.24, 2.45) is 0 Å². The van der Waals surface area contributed by atoms with Crippen molar-refractivity contribution in [2.75, 3.05) is 5.32 Å². The van der Waals surface area contributed by atoms with E-state index in [1.807, 2.05) is 24.3 Å². The summed E-state index contributed by atoms with van der Waals surface area (Å²) in [5.74, 6) is -0.378. The molecule has 176 valence electrons. The van der Waals surface area contributed by atoms with Crippen molar-refractivity contribution >= 4 is 46.8 Å². The van der Waals surface area contributed by atoms with Gasteiger partial charge in [-0.05, 0) is 66.9 Å². The van der Waals surface area contributed by atoms with Crippen LogP contribution in [0.4, 0.5) is 5.69 Å². The molecule has 1 unspecified atom stereocenters. The van der Waals surface area contributed by atoms with Gasteiger partial charge in [0.25, 0.3) is 5.91 Å². The van der Waals surface area contributed by atoms with Crippen LogP contribution in [0, 0.1) is 0 Å². The molecule has 3 rings (SSSR count). The average molecular weight is 498 g/mol. The molecule has 1 N–H and O–H groups in total. The topological polar surface area (TPSA) is 64.6 Å². The van der Waals surface area contributed by atoms with E-state index in [4.69, 9.17) is 32.7 Å². The number of halogens is 2. The van der Waals surface area contributed by atoms with Gasteiger partial charge in [0.2, 0.25) is 0 Å². The fourth-order valence-corrected chi connectivity index (χ4v) is 3.51. The average Bonchev–Trinajstić information content (AvgIpc) is 2.83. The molecule has 1 amide bonds. The number of carbonyl (C=O) groups is 2. The summed E-state index contributed by atoms with van der Waals surface area (Å²) >= 11 is 12.3. The first-order valence-electron chi connectivity index (χ1n) is 10.8. The van der Waals surface area contributed by atoms with Gasteiger partial charge in [0.15, 0.2) is 6.10 Å². The van der Waals surface area contributed by atoms with Crippen LogP contribution in [0.15, 0.2) is 72.8 Å². The predicted octanol–water partition coefficient (Wildman–Crippen LogP) is 6.72. The zero-order valence-electron chi connectivity index (χ0n) is 18.9. The second-order valence-corrected chi connectivity index (χ2v) is 8.32. The van der Waals surface area contributed by atoms with E-state index < -0.39 is 18.0 Å². The molecular weight excluding hydrogens is 473 g/mol. The van der Waals surface area contributed by atoms with Gasteiger partial charge in [-0.2, -0.15) is 0 Å². The lowest BCUT2D eigenvalue weighted by molar-refractivity contribution is -0.148. The van der Waals surface area contributed by atoms with Gasteiger partial charge >= 0.3 is 5.97 Å². The first kappa shape index (κ1) is 25.3. The third kappa shape index (κ3) is 7.37. The van der Waals surface area contributed by atoms with Gasteiger partial charge in [0.05, 0.1) is 0 Å². The second kappa shape index (κ2) is 12.3. The Morgan fingerprint density at radius 2 is 1.62 bits per heavy atom. The molecule has 0 fully saturated rings. The first-order valence-corrected chi connectivity index (χ1v) is 11.6. The molecule has 5 nitrogen and oxygen atoms in total. The number of aryl methyl sites for hydroxylation is 1. The summed E-state index contributed by atoms with van der Waals surface area (Å²) < 4.78 is 10.9. The number of esters is 1. The molecule has 0 heterocycles. The number of carbonyl (C=O) groups excluding carboxylic acids is 2. The summed E-state index contributed by atoms with van der Waals surface area (Å²) in [6, 6.07) is 20.0. The van der Waals surface area contributed by atoms with E-state index in [1.54, 1.807) is 48.5 Å². The number of hydrogen-bond donors (Lipinski definition) is 1. The maximum atomic E-state index is 12.3. The second-order valence-electron chi connectivity index (χ2n) is 7.51. The minimum atomic E-state index is -0.935. The van der Waals surface area contributed by atoms with Gasteiger partial charge < -0.3 is 14.8 Å². The van der Waals surface area contributed by atoms with E-state index in [0.717, 1.165) is 12.0 Å². The van der Waals surface area contributed by atoms with Crippen molar-refractivity contribution in [3.63, 3.8) is 0 Å². The van der Waals surface area contributed by atoms with Crippen LogP contribution in [0.3, 0.4) is 0 Å². The lowest BCUT2D eigenvalue weighted by atomic mass is 10.1. The molecule has 7 heteroatoms. The SMILES string of the molecule is CCc1ccc(NC(=O)C(C)OC(=O)C=Cc2ccc(OCc3c(Cl)cccc3Cl)cc2)cc1. The number of anilines is 1. The zero-order valence-corrected chi connectivity index (χ0v) is 20.4. The van der Waals surface area contributed by atoms with Crippen molar-refractivity contribution in [3.8, 4) is 5.75 Å². The monoisotopic (exact) mass is 497 g/mol. The maximum Gasteiger partial charge on any atom is 0.331 e. The Labute approximate surface area is 209 Å². The highest BCUT2D eigenvalue weighted by Crippen LogP contribution is 2.26. The molecule has 3 aromatic rings. The van der Waals surface area contributed by atoms with Crippen molar-refractivity contribution in [1.82, 2.24) is 0 Å². The minimum Gasteiger partial charge on any atom is -0.489 e. The molecule has 1 atom stereocenters. The predicted molar refractivity (Wildman–Crippen MR) is 136 cm³/mol. The number of hydrogen-bond acceptors (Lipinski definition) is 4. The third-order valence-corrected chi connectivity index (χ3v) is 5.74. The maximum absolute atomic E-state index is 12.3. The standard InChI is InChI=1S/C27H25Cl2NO4/c1-3-19-7-12-21(13-8-19)30-27(32)18(2)34-26(31)16-11-20-9-14-22(15-10-20)33-17-23-24(28)5-4-6-25(23)29/h4-16,18H,3,17H2,1-2H3,(H,30,32).